The van der Waals surface area contributed by atoms with Crippen molar-refractivity contribution in [1.82, 2.24) is 9.62 Å². The van der Waals surface area contributed by atoms with E-state index in [0.29, 0.717) is 36.5 Å². The van der Waals surface area contributed by atoms with E-state index in [1.54, 1.807) is 24.3 Å². The number of fused-ring (bicyclic) bond motifs is 1. The van der Waals surface area contributed by atoms with Crippen LogP contribution in [0.4, 0.5) is 0 Å². The summed E-state index contributed by atoms with van der Waals surface area (Å²) in [5.41, 5.74) is 1.31. The van der Waals surface area contributed by atoms with Crippen LogP contribution in [0.15, 0.2) is 48.5 Å². The molecule has 0 radical (unpaired) electrons. The van der Waals surface area contributed by atoms with Crippen LogP contribution < -0.4 is 10.1 Å². The van der Waals surface area contributed by atoms with Crippen LogP contribution in [0.3, 0.4) is 0 Å². The largest absolute Gasteiger partial charge is 0.487 e. The molecule has 184 valence electrons. The van der Waals surface area contributed by atoms with Gasteiger partial charge in [-0.25, -0.2) is 12.7 Å². The summed E-state index contributed by atoms with van der Waals surface area (Å²) in [6.45, 7) is 4.91. The number of nitrogens with zero attached hydrogens (tertiary/aromatic N) is 1. The van der Waals surface area contributed by atoms with Gasteiger partial charge in [-0.3, -0.25) is 4.79 Å². The van der Waals surface area contributed by atoms with Crippen molar-refractivity contribution >= 4 is 27.5 Å². The fraction of sp³-hybridized carbons (Fsp3) is 0.500. The molecule has 2 aromatic rings. The Labute approximate surface area is 207 Å². The maximum Gasteiger partial charge on any atom is 0.223 e. The van der Waals surface area contributed by atoms with Gasteiger partial charge >= 0.3 is 0 Å². The monoisotopic (exact) mass is 504 g/mol. The standard InChI is InChI=1S/C26H33ClN2O4S/c1-3-26(4-2)17-23(21-10-6-8-12-24(21)33-26)28-25(30)19-13-15-29(16-14-19)34(31,32)18-20-9-5-7-11-22(20)27/h5-12,19,23H,3-4,13-18H2,1-2H3,(H,28,30). The smallest absolute Gasteiger partial charge is 0.223 e. The Morgan fingerprint density at radius 1 is 1.09 bits per heavy atom. The van der Waals surface area contributed by atoms with Gasteiger partial charge in [0.05, 0.1) is 11.8 Å². The minimum atomic E-state index is -3.50. The molecule has 34 heavy (non-hydrogen) atoms. The number of carbonyl (C=O) groups is 1. The summed E-state index contributed by atoms with van der Waals surface area (Å²) >= 11 is 6.16. The molecule has 0 saturated carbocycles. The molecule has 1 atom stereocenters. The molecule has 2 aromatic carbocycles. The molecule has 4 rings (SSSR count). The first kappa shape index (κ1) is 25.0. The van der Waals surface area contributed by atoms with E-state index in [0.717, 1.165) is 30.6 Å². The molecule has 0 aliphatic carbocycles. The van der Waals surface area contributed by atoms with Crippen molar-refractivity contribution in [2.24, 2.45) is 5.92 Å². The van der Waals surface area contributed by atoms with Gasteiger partial charge in [0.1, 0.15) is 11.4 Å². The summed E-state index contributed by atoms with van der Waals surface area (Å²) in [5.74, 6) is 0.493. The zero-order valence-corrected chi connectivity index (χ0v) is 21.4. The van der Waals surface area contributed by atoms with Gasteiger partial charge in [-0.1, -0.05) is 61.8 Å². The zero-order valence-electron chi connectivity index (χ0n) is 19.8. The van der Waals surface area contributed by atoms with Gasteiger partial charge in [0.25, 0.3) is 0 Å². The number of sulfonamides is 1. The normalized spacial score (nSPS) is 20.9. The van der Waals surface area contributed by atoms with Gasteiger partial charge in [0, 0.05) is 36.0 Å². The highest BCUT2D eigenvalue weighted by molar-refractivity contribution is 7.88. The molecule has 1 unspecified atom stereocenters. The number of halogens is 1. The third-order valence-corrected chi connectivity index (χ3v) is 9.51. The Kier molecular flexibility index (Phi) is 7.55. The van der Waals surface area contributed by atoms with Gasteiger partial charge in [0.15, 0.2) is 0 Å². The minimum Gasteiger partial charge on any atom is -0.487 e. The number of hydrogen-bond donors (Lipinski definition) is 1. The van der Waals surface area contributed by atoms with E-state index in [1.165, 1.54) is 4.31 Å². The van der Waals surface area contributed by atoms with Crippen molar-refractivity contribution in [3.8, 4) is 5.75 Å². The minimum absolute atomic E-state index is 0.00837. The number of ether oxygens (including phenoxy) is 1. The number of rotatable bonds is 7. The van der Waals surface area contributed by atoms with Crippen molar-refractivity contribution in [1.29, 1.82) is 0 Å². The molecule has 0 aromatic heterocycles. The number of para-hydroxylation sites is 1. The fourth-order valence-corrected chi connectivity index (χ4v) is 6.90. The average molecular weight is 505 g/mol. The van der Waals surface area contributed by atoms with E-state index in [9.17, 15) is 13.2 Å². The van der Waals surface area contributed by atoms with E-state index in [2.05, 4.69) is 19.2 Å². The lowest BCUT2D eigenvalue weighted by atomic mass is 9.83. The first-order valence-corrected chi connectivity index (χ1v) is 14.0. The fourth-order valence-electron chi connectivity index (χ4n) is 5.02. The molecule has 1 saturated heterocycles. The molecule has 8 heteroatoms. The highest BCUT2D eigenvalue weighted by atomic mass is 35.5. The summed E-state index contributed by atoms with van der Waals surface area (Å²) < 4.78 is 33.7. The summed E-state index contributed by atoms with van der Waals surface area (Å²) in [5, 5.41) is 3.72. The molecule has 1 N–H and O–H groups in total. The van der Waals surface area contributed by atoms with Crippen molar-refractivity contribution < 1.29 is 17.9 Å². The van der Waals surface area contributed by atoms with Crippen LogP contribution in [-0.4, -0.2) is 37.3 Å². The van der Waals surface area contributed by atoms with E-state index in [-0.39, 0.29) is 29.2 Å². The molecular weight excluding hydrogens is 472 g/mol. The highest BCUT2D eigenvalue weighted by Gasteiger charge is 2.40. The molecule has 2 heterocycles. The second-order valence-corrected chi connectivity index (χ2v) is 11.7. The van der Waals surface area contributed by atoms with E-state index >= 15 is 0 Å². The zero-order chi connectivity index (χ0) is 24.3. The third-order valence-electron chi connectivity index (χ3n) is 7.32. The Morgan fingerprint density at radius 3 is 2.41 bits per heavy atom. The Balaban J connectivity index is 1.40. The molecule has 0 bridgehead atoms. The van der Waals surface area contributed by atoms with Crippen LogP contribution in [0.25, 0.3) is 0 Å². The second-order valence-electron chi connectivity index (χ2n) is 9.32. The van der Waals surface area contributed by atoms with Crippen molar-refractivity contribution in [3.05, 3.63) is 64.7 Å². The number of benzene rings is 2. The second kappa shape index (κ2) is 10.3. The van der Waals surface area contributed by atoms with E-state index < -0.39 is 10.0 Å². The molecule has 2 aliphatic heterocycles. The Bertz CT molecular complexity index is 1130. The predicted octanol–water partition coefficient (Wildman–Crippen LogP) is 5.08. The van der Waals surface area contributed by atoms with Gasteiger partial charge in [0.2, 0.25) is 15.9 Å². The van der Waals surface area contributed by atoms with Crippen LogP contribution in [0.1, 0.15) is 63.1 Å². The molecular formula is C26H33ClN2O4S. The van der Waals surface area contributed by atoms with Crippen LogP contribution >= 0.6 is 11.6 Å². The summed E-state index contributed by atoms with van der Waals surface area (Å²) in [4.78, 5) is 13.2. The van der Waals surface area contributed by atoms with Gasteiger partial charge in [-0.15, -0.1) is 0 Å². The average Bonchev–Trinajstić information content (AvgIpc) is 2.85. The summed E-state index contributed by atoms with van der Waals surface area (Å²) in [7, 11) is -3.50. The number of nitrogens with one attached hydrogen (secondary N) is 1. The van der Waals surface area contributed by atoms with Crippen LogP contribution in [0, 0.1) is 5.92 Å². The Hall–Kier alpha value is -2.09. The lowest BCUT2D eigenvalue weighted by molar-refractivity contribution is -0.127. The lowest BCUT2D eigenvalue weighted by Gasteiger charge is -2.42. The van der Waals surface area contributed by atoms with Crippen molar-refractivity contribution in [2.45, 2.75) is 63.3 Å². The highest BCUT2D eigenvalue weighted by Crippen LogP contribution is 2.42. The molecule has 6 nitrogen and oxygen atoms in total. The molecule has 2 aliphatic rings. The third kappa shape index (κ3) is 5.26. The maximum absolute atomic E-state index is 13.2. The molecule has 1 fully saturated rings. The van der Waals surface area contributed by atoms with Crippen LogP contribution in [-0.2, 0) is 20.6 Å². The quantitative estimate of drug-likeness (QED) is 0.570. The van der Waals surface area contributed by atoms with Crippen LogP contribution in [0.2, 0.25) is 5.02 Å². The van der Waals surface area contributed by atoms with Gasteiger partial charge < -0.3 is 10.1 Å². The first-order valence-electron chi connectivity index (χ1n) is 12.1. The van der Waals surface area contributed by atoms with Gasteiger partial charge in [-0.05, 0) is 43.4 Å². The number of amides is 1. The van der Waals surface area contributed by atoms with E-state index in [1.807, 2.05) is 24.3 Å². The first-order chi connectivity index (χ1) is 16.3. The Morgan fingerprint density at radius 2 is 1.74 bits per heavy atom. The number of carbonyl (C=O) groups excluding carboxylic acids is 1. The number of hydrogen-bond acceptors (Lipinski definition) is 4. The van der Waals surface area contributed by atoms with Gasteiger partial charge in [-0.2, -0.15) is 0 Å². The predicted molar refractivity (Wildman–Crippen MR) is 134 cm³/mol. The summed E-state index contributed by atoms with van der Waals surface area (Å²) in [6, 6.07) is 14.8. The topological polar surface area (TPSA) is 75.7 Å². The number of piperidine rings is 1. The van der Waals surface area contributed by atoms with Crippen molar-refractivity contribution in [3.63, 3.8) is 0 Å². The summed E-state index contributed by atoms with van der Waals surface area (Å²) in [6.07, 6.45) is 3.47. The van der Waals surface area contributed by atoms with Crippen molar-refractivity contribution in [2.75, 3.05) is 13.1 Å². The van der Waals surface area contributed by atoms with E-state index in [4.69, 9.17) is 16.3 Å². The molecule has 1 amide bonds. The molecule has 0 spiro atoms. The SMILES string of the molecule is CCC1(CC)CC(NC(=O)C2CCN(S(=O)(=O)Cc3ccccc3Cl)CC2)c2ccccc2O1. The maximum atomic E-state index is 13.2. The van der Waals surface area contributed by atoms with Crippen LogP contribution in [0.5, 0.6) is 5.75 Å². The lowest BCUT2D eigenvalue weighted by Crippen LogP contribution is -2.47.